The molecule has 0 N–H and O–H groups in total. The average Bonchev–Trinajstić information content (AvgIpc) is 3.19. The first-order valence-electron chi connectivity index (χ1n) is 10.7. The predicted molar refractivity (Wildman–Crippen MR) is 119 cm³/mol. The molecule has 162 valence electrons. The minimum Gasteiger partial charge on any atom is -0.493 e. The first-order chi connectivity index (χ1) is 14.3. The van der Waals surface area contributed by atoms with Gasteiger partial charge in [-0.1, -0.05) is 18.2 Å². The molecule has 1 atom stereocenters. The van der Waals surface area contributed by atoms with Crippen LogP contribution in [-0.2, 0) is 9.59 Å². The number of nitrogens with zero attached hydrogens (tertiary/aromatic N) is 2. The molecule has 0 bridgehead atoms. The van der Waals surface area contributed by atoms with Gasteiger partial charge >= 0.3 is 0 Å². The molecule has 0 aromatic heterocycles. The summed E-state index contributed by atoms with van der Waals surface area (Å²) in [5.74, 6) is 0.647. The number of carbonyl (C=O) groups excluding carboxylic acids is 2. The molecule has 5 nitrogen and oxygen atoms in total. The van der Waals surface area contributed by atoms with Crippen LogP contribution in [0.1, 0.15) is 38.2 Å². The van der Waals surface area contributed by atoms with Crippen molar-refractivity contribution >= 4 is 41.1 Å². The molecule has 2 aliphatic heterocycles. The van der Waals surface area contributed by atoms with E-state index in [-0.39, 0.29) is 23.1 Å². The van der Waals surface area contributed by atoms with Crippen LogP contribution < -0.4 is 4.74 Å². The second kappa shape index (κ2) is 8.43. The lowest BCUT2D eigenvalue weighted by Gasteiger charge is -2.39. The summed E-state index contributed by atoms with van der Waals surface area (Å²) in [5.41, 5.74) is 1.02. The van der Waals surface area contributed by atoms with Crippen molar-refractivity contribution in [3.63, 3.8) is 0 Å². The lowest BCUT2D eigenvalue weighted by Crippen LogP contribution is -2.44. The largest absolute Gasteiger partial charge is 0.493 e. The summed E-state index contributed by atoms with van der Waals surface area (Å²) in [6.45, 7) is 5.49. The van der Waals surface area contributed by atoms with Gasteiger partial charge < -0.3 is 14.5 Å². The Kier molecular flexibility index (Phi) is 6.04. The van der Waals surface area contributed by atoms with Gasteiger partial charge in [-0.05, 0) is 50.2 Å². The van der Waals surface area contributed by atoms with Crippen molar-refractivity contribution in [1.82, 2.24) is 9.80 Å². The molecule has 30 heavy (non-hydrogen) atoms. The van der Waals surface area contributed by atoms with Crippen molar-refractivity contribution in [2.45, 2.75) is 36.9 Å². The Morgan fingerprint density at radius 2 is 1.77 bits per heavy atom. The van der Waals surface area contributed by atoms with Gasteiger partial charge in [0.2, 0.25) is 11.8 Å². The van der Waals surface area contributed by atoms with Crippen LogP contribution in [0.15, 0.2) is 30.3 Å². The highest BCUT2D eigenvalue weighted by Crippen LogP contribution is 2.54. The molecule has 1 unspecified atom stereocenters. The number of hydrogen-bond acceptors (Lipinski definition) is 3. The van der Waals surface area contributed by atoms with Gasteiger partial charge in [0.25, 0.3) is 0 Å². The number of rotatable bonds is 5. The van der Waals surface area contributed by atoms with Crippen LogP contribution in [-0.4, -0.2) is 58.7 Å². The molecule has 1 spiro atoms. The third-order valence-electron chi connectivity index (χ3n) is 6.63. The summed E-state index contributed by atoms with van der Waals surface area (Å²) in [6.07, 6.45) is 6.84. The van der Waals surface area contributed by atoms with Crippen molar-refractivity contribution in [2.24, 2.45) is 11.3 Å². The van der Waals surface area contributed by atoms with E-state index in [1.165, 1.54) is 0 Å². The lowest BCUT2D eigenvalue weighted by molar-refractivity contribution is -0.133. The Morgan fingerprint density at radius 3 is 2.40 bits per heavy atom. The third kappa shape index (κ3) is 4.47. The van der Waals surface area contributed by atoms with Crippen LogP contribution in [0.3, 0.4) is 0 Å². The summed E-state index contributed by atoms with van der Waals surface area (Å²) in [5, 5.41) is 0. The van der Waals surface area contributed by atoms with Crippen molar-refractivity contribution < 1.29 is 14.3 Å². The number of likely N-dealkylation sites (tertiary alicyclic amines) is 2. The van der Waals surface area contributed by atoms with Gasteiger partial charge in [-0.3, -0.25) is 9.59 Å². The Hall–Kier alpha value is -1.72. The molecule has 1 aliphatic carbocycles. The number of para-hydroxylation sites is 1. The minimum atomic E-state index is -0.865. The first-order valence-corrected chi connectivity index (χ1v) is 11.4. The maximum Gasteiger partial charge on any atom is 0.246 e. The maximum atomic E-state index is 12.7. The molecule has 3 fully saturated rings. The highest BCUT2D eigenvalue weighted by atomic mass is 35.5. The standard InChI is InChI=1S/C23H28Cl2N2O3/c1-2-30-19-6-4-3-5-17(19)7-8-20(28)26-12-9-22(10-13-26)11-14-27(16-22)21(29)18-15-23(18,24)25/h3-8,18H,2,9-16H2,1H3/b8-7+. The van der Waals surface area contributed by atoms with Gasteiger partial charge in [0.1, 0.15) is 10.1 Å². The maximum absolute atomic E-state index is 12.7. The average molecular weight is 451 g/mol. The van der Waals surface area contributed by atoms with Crippen LogP contribution >= 0.6 is 23.2 Å². The van der Waals surface area contributed by atoms with E-state index in [2.05, 4.69) is 0 Å². The van der Waals surface area contributed by atoms with Crippen molar-refractivity contribution in [3.8, 4) is 5.75 Å². The minimum absolute atomic E-state index is 0.0223. The van der Waals surface area contributed by atoms with Gasteiger partial charge in [-0.15, -0.1) is 23.2 Å². The molecule has 2 amide bonds. The smallest absolute Gasteiger partial charge is 0.246 e. The van der Waals surface area contributed by atoms with Gasteiger partial charge in [0.05, 0.1) is 12.5 Å². The third-order valence-corrected chi connectivity index (χ3v) is 7.47. The van der Waals surface area contributed by atoms with Gasteiger partial charge in [0, 0.05) is 37.8 Å². The second-order valence-electron chi connectivity index (χ2n) is 8.66. The highest BCUT2D eigenvalue weighted by molar-refractivity contribution is 6.52. The molecule has 1 aromatic carbocycles. The number of ether oxygens (including phenoxy) is 1. The zero-order valence-electron chi connectivity index (χ0n) is 17.3. The van der Waals surface area contributed by atoms with Gasteiger partial charge in [-0.2, -0.15) is 0 Å². The summed E-state index contributed by atoms with van der Waals surface area (Å²) >= 11 is 12.1. The zero-order valence-corrected chi connectivity index (χ0v) is 18.8. The Morgan fingerprint density at radius 1 is 1.13 bits per heavy atom. The molecule has 1 saturated carbocycles. The quantitative estimate of drug-likeness (QED) is 0.500. The van der Waals surface area contributed by atoms with Crippen LogP contribution in [0.2, 0.25) is 0 Å². The SMILES string of the molecule is CCOc1ccccc1/C=C/C(=O)N1CCC2(CC1)CCN(C(=O)C1CC1(Cl)Cl)C2. The van der Waals surface area contributed by atoms with E-state index in [1.807, 2.05) is 47.1 Å². The molecule has 0 radical (unpaired) electrons. The Balaban J connectivity index is 1.30. The fourth-order valence-electron chi connectivity index (χ4n) is 4.61. The van der Waals surface area contributed by atoms with E-state index in [9.17, 15) is 9.59 Å². The van der Waals surface area contributed by atoms with E-state index in [0.717, 1.165) is 56.8 Å². The summed E-state index contributed by atoms with van der Waals surface area (Å²) in [6, 6.07) is 7.71. The zero-order chi connectivity index (χ0) is 21.4. The van der Waals surface area contributed by atoms with Crippen LogP contribution in [0, 0.1) is 11.3 Å². The summed E-state index contributed by atoms with van der Waals surface area (Å²) in [4.78, 5) is 29.1. The fraction of sp³-hybridized carbons (Fsp3) is 0.565. The van der Waals surface area contributed by atoms with E-state index in [0.29, 0.717) is 13.0 Å². The number of halogens is 2. The van der Waals surface area contributed by atoms with Crippen LogP contribution in [0.5, 0.6) is 5.75 Å². The molecular weight excluding hydrogens is 423 g/mol. The number of benzene rings is 1. The van der Waals surface area contributed by atoms with Crippen molar-refractivity contribution in [2.75, 3.05) is 32.8 Å². The monoisotopic (exact) mass is 450 g/mol. The van der Waals surface area contributed by atoms with E-state index in [4.69, 9.17) is 27.9 Å². The number of hydrogen-bond donors (Lipinski definition) is 0. The topological polar surface area (TPSA) is 49.9 Å². The van der Waals surface area contributed by atoms with E-state index >= 15 is 0 Å². The molecule has 2 heterocycles. The molecule has 4 rings (SSSR count). The number of alkyl halides is 2. The van der Waals surface area contributed by atoms with Crippen LogP contribution in [0.25, 0.3) is 6.08 Å². The normalized spacial score (nSPS) is 24.4. The first kappa shape index (κ1) is 21.5. The number of amides is 2. The van der Waals surface area contributed by atoms with Gasteiger partial charge in [-0.25, -0.2) is 0 Å². The van der Waals surface area contributed by atoms with Crippen LogP contribution in [0.4, 0.5) is 0 Å². The molecule has 1 aromatic rings. The molecule has 2 saturated heterocycles. The predicted octanol–water partition coefficient (Wildman–Crippen LogP) is 4.13. The Bertz CT molecular complexity index is 847. The number of piperidine rings is 1. The van der Waals surface area contributed by atoms with E-state index in [1.54, 1.807) is 6.08 Å². The van der Waals surface area contributed by atoms with Crippen molar-refractivity contribution in [3.05, 3.63) is 35.9 Å². The number of carbonyl (C=O) groups is 2. The Labute approximate surface area is 187 Å². The van der Waals surface area contributed by atoms with E-state index < -0.39 is 4.33 Å². The molecule has 3 aliphatic rings. The summed E-state index contributed by atoms with van der Waals surface area (Å²) < 4.78 is 4.75. The van der Waals surface area contributed by atoms with Crippen molar-refractivity contribution in [1.29, 1.82) is 0 Å². The van der Waals surface area contributed by atoms with Gasteiger partial charge in [0.15, 0.2) is 0 Å². The fourth-order valence-corrected chi connectivity index (χ4v) is 5.10. The molecular formula is C23H28Cl2N2O3. The highest BCUT2D eigenvalue weighted by Gasteiger charge is 2.58. The summed E-state index contributed by atoms with van der Waals surface area (Å²) in [7, 11) is 0. The second-order valence-corrected chi connectivity index (χ2v) is 10.2. The lowest BCUT2D eigenvalue weighted by atomic mass is 9.78. The molecule has 7 heteroatoms.